The number of anilines is 2. The molecule has 0 fully saturated rings. The predicted molar refractivity (Wildman–Crippen MR) is 107 cm³/mol. The molecule has 7 heteroatoms. The Morgan fingerprint density at radius 1 is 1.00 bits per heavy atom. The van der Waals surface area contributed by atoms with E-state index in [2.05, 4.69) is 5.10 Å². The summed E-state index contributed by atoms with van der Waals surface area (Å²) in [6, 6.07) is 19.6. The molecule has 2 aromatic heterocycles. The molecule has 0 bridgehead atoms. The summed E-state index contributed by atoms with van der Waals surface area (Å²) in [5.41, 5.74) is 13.7. The van der Waals surface area contributed by atoms with Gasteiger partial charge in [-0.2, -0.15) is 5.26 Å². The smallest absolute Gasteiger partial charge is 0.283 e. The van der Waals surface area contributed by atoms with E-state index in [1.165, 1.54) is 4.52 Å². The monoisotopic (exact) mass is 369 g/mol. The average molecular weight is 369 g/mol. The zero-order chi connectivity index (χ0) is 19.8. The Balaban J connectivity index is 2.17. The summed E-state index contributed by atoms with van der Waals surface area (Å²) < 4.78 is 1.27. The number of nitrogens with two attached hydrogens (primary N) is 2. The van der Waals surface area contributed by atoms with E-state index < -0.39 is 5.56 Å². The molecule has 0 radical (unpaired) electrons. The molecule has 0 saturated heterocycles. The van der Waals surface area contributed by atoms with Gasteiger partial charge in [0.1, 0.15) is 17.5 Å². The number of carbonyl (C=O) groups is 1. The van der Waals surface area contributed by atoms with E-state index in [-0.39, 0.29) is 28.4 Å². The van der Waals surface area contributed by atoms with E-state index >= 15 is 0 Å². The molecule has 28 heavy (non-hydrogen) atoms. The minimum absolute atomic E-state index is 0.0242. The summed E-state index contributed by atoms with van der Waals surface area (Å²) >= 11 is 0. The molecule has 4 rings (SSSR count). The van der Waals surface area contributed by atoms with Crippen LogP contribution in [0.15, 0.2) is 65.5 Å². The topological polar surface area (TPSA) is 130 Å². The second-order valence-corrected chi connectivity index (χ2v) is 6.22. The largest absolute Gasteiger partial charge is 0.396 e. The third kappa shape index (κ3) is 2.44. The fraction of sp³-hybridized carbons (Fsp3) is 0. The highest BCUT2D eigenvalue weighted by molar-refractivity contribution is 6.19. The average Bonchev–Trinajstić information content (AvgIpc) is 3.01. The first-order valence-corrected chi connectivity index (χ1v) is 8.45. The minimum atomic E-state index is -0.674. The highest BCUT2D eigenvalue weighted by Crippen LogP contribution is 2.38. The van der Waals surface area contributed by atoms with E-state index in [9.17, 15) is 14.9 Å². The number of aromatic nitrogens is 2. The first kappa shape index (κ1) is 17.1. The number of hydrogen-bond acceptors (Lipinski definition) is 5. The molecule has 5 N–H and O–H groups in total. The lowest BCUT2D eigenvalue weighted by Crippen LogP contribution is -2.18. The number of fused-ring (bicyclic) bond motifs is 1. The van der Waals surface area contributed by atoms with Gasteiger partial charge in [-0.15, -0.1) is 0 Å². The molecule has 0 spiro atoms. The number of benzene rings is 2. The molecule has 136 valence electrons. The molecular weight excluding hydrogens is 354 g/mol. The van der Waals surface area contributed by atoms with Gasteiger partial charge < -0.3 is 11.5 Å². The van der Waals surface area contributed by atoms with E-state index in [1.807, 2.05) is 42.5 Å². The van der Waals surface area contributed by atoms with E-state index in [0.29, 0.717) is 22.2 Å². The summed E-state index contributed by atoms with van der Waals surface area (Å²) in [4.78, 5) is 25.5. The molecule has 4 aromatic rings. The van der Waals surface area contributed by atoms with Gasteiger partial charge in [0.2, 0.25) is 0 Å². The molecule has 7 nitrogen and oxygen atoms in total. The Hall–Kier alpha value is -4.31. The van der Waals surface area contributed by atoms with Crippen molar-refractivity contribution in [2.24, 2.45) is 0 Å². The fourth-order valence-corrected chi connectivity index (χ4v) is 3.32. The maximum atomic E-state index is 13.3. The first-order chi connectivity index (χ1) is 13.5. The maximum absolute atomic E-state index is 13.3. The molecule has 0 aliphatic rings. The Bertz CT molecular complexity index is 1310. The van der Waals surface area contributed by atoms with Gasteiger partial charge in [-0.05, 0) is 5.56 Å². The lowest BCUT2D eigenvalue weighted by atomic mass is 9.95. The highest BCUT2D eigenvalue weighted by atomic mass is 16.1. The van der Waals surface area contributed by atoms with Crippen LogP contribution in [0, 0.1) is 11.3 Å². The SMILES string of the molecule is N#Cc1c(N)c2c(-c3ccccc3)c(C(=O)c3ccccc3)c(N)n2[nH]c1=O. The summed E-state index contributed by atoms with van der Waals surface area (Å²) in [5.74, 6) is -0.254. The van der Waals surface area contributed by atoms with Gasteiger partial charge in [-0.25, -0.2) is 4.52 Å². The summed E-state index contributed by atoms with van der Waals surface area (Å²) in [6.45, 7) is 0. The van der Waals surface area contributed by atoms with Gasteiger partial charge >= 0.3 is 0 Å². The molecule has 0 atom stereocenters. The van der Waals surface area contributed by atoms with Crippen molar-refractivity contribution in [3.05, 3.63) is 87.7 Å². The van der Waals surface area contributed by atoms with Gasteiger partial charge in [0.05, 0.1) is 16.8 Å². The van der Waals surface area contributed by atoms with Crippen molar-refractivity contribution in [2.45, 2.75) is 0 Å². The summed E-state index contributed by atoms with van der Waals surface area (Å²) in [5, 5.41) is 11.9. The second kappa shape index (κ2) is 6.45. The number of nitrogens with one attached hydrogen (secondary N) is 1. The van der Waals surface area contributed by atoms with E-state index in [0.717, 1.165) is 0 Å². The standard InChI is InChI=1S/C21H15N5O2/c22-11-14-17(23)18-15(12-7-3-1-4-8-12)16(20(24)26(18)25-21(14)28)19(27)13-9-5-2-6-10-13/h1-10H,23-24H2,(H,25,28). The Kier molecular flexibility index (Phi) is 3.94. The second-order valence-electron chi connectivity index (χ2n) is 6.22. The molecular formula is C21H15N5O2. The van der Waals surface area contributed by atoms with Crippen molar-refractivity contribution in [2.75, 3.05) is 11.5 Å². The number of aromatic amines is 1. The zero-order valence-electron chi connectivity index (χ0n) is 14.6. The van der Waals surface area contributed by atoms with Gasteiger partial charge in [0.25, 0.3) is 5.56 Å². The minimum Gasteiger partial charge on any atom is -0.396 e. The van der Waals surface area contributed by atoms with Crippen LogP contribution >= 0.6 is 0 Å². The third-order valence-corrected chi connectivity index (χ3v) is 4.61. The van der Waals surface area contributed by atoms with E-state index in [1.54, 1.807) is 24.3 Å². The number of nitrogens with zero attached hydrogens (tertiary/aromatic N) is 2. The van der Waals surface area contributed by atoms with Crippen molar-refractivity contribution in [1.82, 2.24) is 9.61 Å². The number of nitrogen functional groups attached to an aromatic ring is 2. The number of rotatable bonds is 3. The molecule has 0 saturated carbocycles. The molecule has 0 unspecified atom stereocenters. The number of hydrogen-bond donors (Lipinski definition) is 3. The fourth-order valence-electron chi connectivity index (χ4n) is 3.32. The third-order valence-electron chi connectivity index (χ3n) is 4.61. The van der Waals surface area contributed by atoms with Crippen molar-refractivity contribution < 1.29 is 4.79 Å². The van der Waals surface area contributed by atoms with Gasteiger partial charge in [-0.3, -0.25) is 14.7 Å². The van der Waals surface area contributed by atoms with Crippen LogP contribution in [0.1, 0.15) is 21.5 Å². The summed E-state index contributed by atoms with van der Waals surface area (Å²) in [6.07, 6.45) is 0. The highest BCUT2D eigenvalue weighted by Gasteiger charge is 2.27. The summed E-state index contributed by atoms with van der Waals surface area (Å²) in [7, 11) is 0. The number of ketones is 1. The van der Waals surface area contributed by atoms with Crippen LogP contribution in [0.5, 0.6) is 0 Å². The molecule has 2 heterocycles. The van der Waals surface area contributed by atoms with Crippen molar-refractivity contribution in [3.8, 4) is 17.2 Å². The molecule has 0 aliphatic heterocycles. The lowest BCUT2D eigenvalue weighted by molar-refractivity contribution is 0.104. The number of nitriles is 1. The Labute approximate surface area is 159 Å². The lowest BCUT2D eigenvalue weighted by Gasteiger charge is -2.07. The van der Waals surface area contributed by atoms with Crippen LogP contribution in [0.25, 0.3) is 16.6 Å². The van der Waals surface area contributed by atoms with E-state index in [4.69, 9.17) is 11.5 Å². The van der Waals surface area contributed by atoms with Crippen molar-refractivity contribution >= 4 is 22.8 Å². The Morgan fingerprint density at radius 3 is 2.21 bits per heavy atom. The zero-order valence-corrected chi connectivity index (χ0v) is 14.6. The predicted octanol–water partition coefficient (Wildman–Crippen LogP) is 2.56. The van der Waals surface area contributed by atoms with Gasteiger partial charge in [0.15, 0.2) is 5.78 Å². The first-order valence-electron chi connectivity index (χ1n) is 8.45. The van der Waals surface area contributed by atoms with Crippen LogP contribution in [0.2, 0.25) is 0 Å². The molecule has 0 amide bonds. The van der Waals surface area contributed by atoms with Crippen LogP contribution in [0.3, 0.4) is 0 Å². The van der Waals surface area contributed by atoms with Crippen LogP contribution in [-0.2, 0) is 0 Å². The quantitative estimate of drug-likeness (QED) is 0.478. The van der Waals surface area contributed by atoms with Crippen molar-refractivity contribution in [1.29, 1.82) is 5.26 Å². The van der Waals surface area contributed by atoms with Gasteiger partial charge in [-0.1, -0.05) is 60.7 Å². The number of carbonyl (C=O) groups excluding carboxylic acids is 1. The van der Waals surface area contributed by atoms with Crippen LogP contribution in [-0.4, -0.2) is 15.4 Å². The van der Waals surface area contributed by atoms with Crippen molar-refractivity contribution in [3.63, 3.8) is 0 Å². The van der Waals surface area contributed by atoms with Crippen LogP contribution < -0.4 is 17.0 Å². The molecule has 2 aromatic carbocycles. The maximum Gasteiger partial charge on any atom is 0.283 e. The van der Waals surface area contributed by atoms with Crippen LogP contribution in [0.4, 0.5) is 11.5 Å². The normalized spacial score (nSPS) is 10.7. The number of H-pyrrole nitrogens is 1. The Morgan fingerprint density at radius 2 is 1.61 bits per heavy atom. The van der Waals surface area contributed by atoms with Gasteiger partial charge in [0, 0.05) is 11.1 Å². The molecule has 0 aliphatic carbocycles.